The summed E-state index contributed by atoms with van der Waals surface area (Å²) in [5.74, 6) is 0. The summed E-state index contributed by atoms with van der Waals surface area (Å²) in [6.07, 6.45) is 5.64. The molecule has 1 aromatic rings. The van der Waals surface area contributed by atoms with E-state index in [0.29, 0.717) is 0 Å². The van der Waals surface area contributed by atoms with Crippen molar-refractivity contribution >= 4 is 5.69 Å². The monoisotopic (exact) mass is 233 g/mol. The van der Waals surface area contributed by atoms with Gasteiger partial charge in [-0.3, -0.25) is 4.98 Å². The van der Waals surface area contributed by atoms with E-state index in [4.69, 9.17) is 0 Å². The van der Waals surface area contributed by atoms with Gasteiger partial charge in [-0.2, -0.15) is 0 Å². The Morgan fingerprint density at radius 2 is 2.18 bits per heavy atom. The van der Waals surface area contributed by atoms with Crippen molar-refractivity contribution in [1.29, 1.82) is 0 Å². The molecule has 1 N–H and O–H groups in total. The minimum atomic E-state index is 0.123. The minimum absolute atomic E-state index is 0.123. The molecule has 0 atom stereocenters. The Balaban J connectivity index is 2.80. The fourth-order valence-corrected chi connectivity index (χ4v) is 1.56. The quantitative estimate of drug-likeness (QED) is 0.792. The number of nitrogens with one attached hydrogen (secondary N) is 1. The van der Waals surface area contributed by atoms with Crippen molar-refractivity contribution in [3.8, 4) is 0 Å². The molecule has 0 fully saturated rings. The molecular weight excluding hydrogens is 210 g/mol. The van der Waals surface area contributed by atoms with Gasteiger partial charge in [0.25, 0.3) is 0 Å². The summed E-state index contributed by atoms with van der Waals surface area (Å²) in [5, 5.41) is 3.50. The molecule has 17 heavy (non-hydrogen) atoms. The largest absolute Gasteiger partial charge is 0.369 e. The van der Waals surface area contributed by atoms with Gasteiger partial charge in [-0.1, -0.05) is 6.08 Å². The Morgan fingerprint density at radius 3 is 2.76 bits per heavy atom. The van der Waals surface area contributed by atoms with Crippen molar-refractivity contribution in [2.75, 3.05) is 18.5 Å². The van der Waals surface area contributed by atoms with Gasteiger partial charge in [-0.25, -0.2) is 0 Å². The molecule has 0 amide bonds. The molecule has 0 aliphatic heterocycles. The number of rotatable bonds is 5. The van der Waals surface area contributed by atoms with Crippen molar-refractivity contribution < 1.29 is 0 Å². The zero-order valence-electron chi connectivity index (χ0n) is 11.3. The summed E-state index contributed by atoms with van der Waals surface area (Å²) < 4.78 is 0. The molecule has 3 heteroatoms. The highest BCUT2D eigenvalue weighted by atomic mass is 15.1. The van der Waals surface area contributed by atoms with Crippen molar-refractivity contribution in [2.24, 2.45) is 0 Å². The molecule has 3 nitrogen and oxygen atoms in total. The van der Waals surface area contributed by atoms with Gasteiger partial charge in [0.2, 0.25) is 0 Å². The van der Waals surface area contributed by atoms with Gasteiger partial charge in [0, 0.05) is 31.9 Å². The molecule has 0 aliphatic carbocycles. The number of nitrogens with zero attached hydrogens (tertiary/aromatic N) is 2. The maximum Gasteiger partial charge on any atom is 0.0598 e. The highest BCUT2D eigenvalue weighted by Crippen LogP contribution is 2.18. The van der Waals surface area contributed by atoms with Gasteiger partial charge in [0.1, 0.15) is 0 Å². The predicted molar refractivity (Wildman–Crippen MR) is 74.3 cm³/mol. The topological polar surface area (TPSA) is 28.2 Å². The number of hydrogen-bond acceptors (Lipinski definition) is 3. The van der Waals surface area contributed by atoms with E-state index in [9.17, 15) is 0 Å². The first-order valence-electron chi connectivity index (χ1n) is 5.94. The van der Waals surface area contributed by atoms with Crippen LogP contribution < -0.4 is 10.2 Å². The van der Waals surface area contributed by atoms with Crippen LogP contribution in [-0.2, 0) is 6.54 Å². The normalized spacial score (nSPS) is 11.3. The molecule has 0 bridgehead atoms. The molecule has 0 aromatic carbocycles. The molecule has 1 heterocycles. The minimum Gasteiger partial charge on any atom is -0.369 e. The van der Waals surface area contributed by atoms with Crippen LogP contribution >= 0.6 is 0 Å². The van der Waals surface area contributed by atoms with E-state index < -0.39 is 0 Å². The predicted octanol–water partition coefficient (Wildman–Crippen LogP) is 2.59. The van der Waals surface area contributed by atoms with E-state index >= 15 is 0 Å². The fourth-order valence-electron chi connectivity index (χ4n) is 1.56. The molecule has 0 saturated heterocycles. The Bertz CT molecular complexity index is 366. The number of hydrogen-bond donors (Lipinski definition) is 1. The van der Waals surface area contributed by atoms with Gasteiger partial charge in [0.05, 0.1) is 11.9 Å². The first kappa shape index (κ1) is 13.7. The summed E-state index contributed by atoms with van der Waals surface area (Å²) >= 11 is 0. The molecule has 0 unspecified atom stereocenters. The lowest BCUT2D eigenvalue weighted by Crippen LogP contribution is -2.35. The van der Waals surface area contributed by atoms with E-state index in [2.05, 4.69) is 55.7 Å². The molecule has 1 rings (SSSR count). The number of likely N-dealkylation sites (N-methyl/N-ethyl adjacent to an activating group) is 1. The van der Waals surface area contributed by atoms with Crippen LogP contribution in [0.5, 0.6) is 0 Å². The van der Waals surface area contributed by atoms with Crippen LogP contribution in [0.15, 0.2) is 31.1 Å². The van der Waals surface area contributed by atoms with Crippen molar-refractivity contribution in [3.05, 3.63) is 36.7 Å². The maximum absolute atomic E-state index is 4.19. The average Bonchev–Trinajstić information content (AvgIpc) is 2.26. The van der Waals surface area contributed by atoms with E-state index in [1.807, 2.05) is 18.5 Å². The third kappa shape index (κ3) is 4.57. The van der Waals surface area contributed by atoms with Crippen LogP contribution in [0.2, 0.25) is 0 Å². The summed E-state index contributed by atoms with van der Waals surface area (Å²) in [7, 11) is 2.05. The highest BCUT2D eigenvalue weighted by Gasteiger charge is 2.11. The van der Waals surface area contributed by atoms with Crippen molar-refractivity contribution in [2.45, 2.75) is 32.9 Å². The third-order valence-corrected chi connectivity index (χ3v) is 2.51. The Hall–Kier alpha value is -1.35. The summed E-state index contributed by atoms with van der Waals surface area (Å²) in [6.45, 7) is 11.9. The second-order valence-corrected chi connectivity index (χ2v) is 5.28. The second kappa shape index (κ2) is 5.82. The van der Waals surface area contributed by atoms with Crippen LogP contribution in [0.1, 0.15) is 26.3 Å². The van der Waals surface area contributed by atoms with Gasteiger partial charge < -0.3 is 10.2 Å². The molecule has 0 radical (unpaired) electrons. The molecule has 0 saturated carbocycles. The van der Waals surface area contributed by atoms with E-state index in [0.717, 1.165) is 18.8 Å². The third-order valence-electron chi connectivity index (χ3n) is 2.51. The van der Waals surface area contributed by atoms with E-state index in [-0.39, 0.29) is 5.54 Å². The molecule has 0 spiro atoms. The van der Waals surface area contributed by atoms with E-state index in [1.54, 1.807) is 0 Å². The lowest BCUT2D eigenvalue weighted by Gasteiger charge is -2.24. The van der Waals surface area contributed by atoms with Crippen LogP contribution in [0, 0.1) is 0 Å². The van der Waals surface area contributed by atoms with Crippen molar-refractivity contribution in [1.82, 2.24) is 10.3 Å². The first-order valence-corrected chi connectivity index (χ1v) is 5.94. The second-order valence-electron chi connectivity index (χ2n) is 5.28. The smallest absolute Gasteiger partial charge is 0.0598 e. The number of anilines is 1. The molecular formula is C14H23N3. The average molecular weight is 233 g/mol. The fraction of sp³-hybridized carbons (Fsp3) is 0.500. The number of aromatic nitrogens is 1. The first-order chi connectivity index (χ1) is 7.94. The lowest BCUT2D eigenvalue weighted by atomic mass is 10.1. The van der Waals surface area contributed by atoms with Crippen molar-refractivity contribution in [3.63, 3.8) is 0 Å². The Labute approximate surface area is 105 Å². The van der Waals surface area contributed by atoms with Gasteiger partial charge >= 0.3 is 0 Å². The Morgan fingerprint density at radius 1 is 1.47 bits per heavy atom. The Kier molecular flexibility index (Phi) is 4.70. The van der Waals surface area contributed by atoms with Gasteiger partial charge in [-0.15, -0.1) is 6.58 Å². The van der Waals surface area contributed by atoms with Crippen LogP contribution in [0.25, 0.3) is 0 Å². The highest BCUT2D eigenvalue weighted by molar-refractivity contribution is 5.51. The number of pyridine rings is 1. The van der Waals surface area contributed by atoms with Gasteiger partial charge in [0.15, 0.2) is 0 Å². The summed E-state index contributed by atoms with van der Waals surface area (Å²) in [5.41, 5.74) is 2.54. The SMILES string of the molecule is C=CCN(C)c1cnccc1CNC(C)(C)C. The molecule has 1 aromatic heterocycles. The summed E-state index contributed by atoms with van der Waals surface area (Å²) in [6, 6.07) is 2.06. The lowest BCUT2D eigenvalue weighted by molar-refractivity contribution is 0.424. The molecule has 94 valence electrons. The molecule has 0 aliphatic rings. The zero-order valence-corrected chi connectivity index (χ0v) is 11.3. The summed E-state index contributed by atoms with van der Waals surface area (Å²) in [4.78, 5) is 6.34. The zero-order chi connectivity index (χ0) is 12.9. The van der Waals surface area contributed by atoms with Crippen LogP contribution in [-0.4, -0.2) is 24.1 Å². The van der Waals surface area contributed by atoms with E-state index in [1.165, 1.54) is 5.56 Å². The van der Waals surface area contributed by atoms with Crippen LogP contribution in [0.4, 0.5) is 5.69 Å². The standard InChI is InChI=1S/C14H23N3/c1-6-9-17(5)13-11-15-8-7-12(13)10-16-14(2,3)4/h6-8,11,16H,1,9-10H2,2-5H3. The maximum atomic E-state index is 4.19. The van der Waals surface area contributed by atoms with Gasteiger partial charge in [-0.05, 0) is 32.4 Å². The van der Waals surface area contributed by atoms with Crippen LogP contribution in [0.3, 0.4) is 0 Å².